The quantitative estimate of drug-likeness (QED) is 0.817. The highest BCUT2D eigenvalue weighted by molar-refractivity contribution is 6.29. The number of nitrogen functional groups attached to an aromatic ring is 1. The first-order chi connectivity index (χ1) is 8.25. The summed E-state index contributed by atoms with van der Waals surface area (Å²) in [6.07, 6.45) is 0.925. The van der Waals surface area contributed by atoms with Gasteiger partial charge < -0.3 is 11.1 Å². The summed E-state index contributed by atoms with van der Waals surface area (Å²) in [6, 6.07) is 13.7. The van der Waals surface area contributed by atoms with E-state index in [4.69, 9.17) is 17.3 Å². The van der Waals surface area contributed by atoms with Crippen LogP contribution < -0.4 is 11.1 Å². The molecule has 1 heterocycles. The smallest absolute Gasteiger partial charge is 0.150 e. The zero-order chi connectivity index (χ0) is 12.1. The largest absolute Gasteiger partial charge is 0.396 e. The maximum atomic E-state index is 5.81. The molecular weight excluding hydrogens is 234 g/mol. The van der Waals surface area contributed by atoms with Crippen molar-refractivity contribution in [3.8, 4) is 0 Å². The van der Waals surface area contributed by atoms with Gasteiger partial charge in [0.1, 0.15) is 5.15 Å². The van der Waals surface area contributed by atoms with Gasteiger partial charge >= 0.3 is 0 Å². The van der Waals surface area contributed by atoms with E-state index in [1.165, 1.54) is 5.56 Å². The van der Waals surface area contributed by atoms with E-state index >= 15 is 0 Å². The lowest BCUT2D eigenvalue weighted by atomic mass is 10.1. The minimum Gasteiger partial charge on any atom is -0.396 e. The standard InChI is InChI=1S/C13H14ClN3/c14-12-7-6-11(15)13(17-12)16-9-8-10-4-2-1-3-5-10/h1-7H,8-9,15H2,(H,16,17). The van der Waals surface area contributed by atoms with Gasteiger partial charge in [0, 0.05) is 6.54 Å². The summed E-state index contributed by atoms with van der Waals surface area (Å²) in [5, 5.41) is 3.63. The Morgan fingerprint density at radius 2 is 1.88 bits per heavy atom. The van der Waals surface area contributed by atoms with E-state index in [9.17, 15) is 0 Å². The van der Waals surface area contributed by atoms with Crippen molar-refractivity contribution in [1.82, 2.24) is 4.98 Å². The summed E-state index contributed by atoms with van der Waals surface area (Å²) >= 11 is 5.81. The molecule has 1 aromatic carbocycles. The van der Waals surface area contributed by atoms with Crippen LogP contribution >= 0.6 is 11.6 Å². The summed E-state index contributed by atoms with van der Waals surface area (Å²) in [7, 11) is 0. The molecule has 3 N–H and O–H groups in total. The second kappa shape index (κ2) is 5.55. The van der Waals surface area contributed by atoms with Crippen LogP contribution in [0.3, 0.4) is 0 Å². The molecule has 0 bridgehead atoms. The molecule has 0 fully saturated rings. The van der Waals surface area contributed by atoms with Crippen molar-refractivity contribution in [2.24, 2.45) is 0 Å². The third-order valence-corrected chi connectivity index (χ3v) is 2.65. The van der Waals surface area contributed by atoms with Gasteiger partial charge in [0.2, 0.25) is 0 Å². The number of nitrogens with two attached hydrogens (primary N) is 1. The molecule has 0 amide bonds. The van der Waals surface area contributed by atoms with E-state index in [1.807, 2.05) is 18.2 Å². The number of nitrogens with zero attached hydrogens (tertiary/aromatic N) is 1. The van der Waals surface area contributed by atoms with Crippen LogP contribution in [-0.4, -0.2) is 11.5 Å². The van der Waals surface area contributed by atoms with E-state index in [2.05, 4.69) is 22.4 Å². The lowest BCUT2D eigenvalue weighted by molar-refractivity contribution is 1.01. The Hall–Kier alpha value is -1.74. The molecule has 88 valence electrons. The highest BCUT2D eigenvalue weighted by Crippen LogP contribution is 2.18. The lowest BCUT2D eigenvalue weighted by Crippen LogP contribution is -2.08. The fourth-order valence-electron chi connectivity index (χ4n) is 1.56. The number of anilines is 2. The average Bonchev–Trinajstić information content (AvgIpc) is 2.35. The zero-order valence-corrected chi connectivity index (χ0v) is 10.1. The van der Waals surface area contributed by atoms with Crippen molar-refractivity contribution in [3.05, 3.63) is 53.2 Å². The van der Waals surface area contributed by atoms with Crippen LogP contribution in [-0.2, 0) is 6.42 Å². The van der Waals surface area contributed by atoms with Crippen molar-refractivity contribution >= 4 is 23.1 Å². The molecule has 0 atom stereocenters. The Kier molecular flexibility index (Phi) is 3.83. The molecule has 4 heteroatoms. The van der Waals surface area contributed by atoms with E-state index in [1.54, 1.807) is 12.1 Å². The van der Waals surface area contributed by atoms with Gasteiger partial charge in [-0.25, -0.2) is 4.98 Å². The maximum Gasteiger partial charge on any atom is 0.150 e. The second-order valence-corrected chi connectivity index (χ2v) is 4.12. The number of aromatic nitrogens is 1. The Labute approximate surface area is 106 Å². The van der Waals surface area contributed by atoms with E-state index in [0.29, 0.717) is 16.7 Å². The topological polar surface area (TPSA) is 50.9 Å². The van der Waals surface area contributed by atoms with Crippen LogP contribution in [0.25, 0.3) is 0 Å². The molecule has 0 unspecified atom stereocenters. The fourth-order valence-corrected chi connectivity index (χ4v) is 1.71. The van der Waals surface area contributed by atoms with E-state index in [-0.39, 0.29) is 0 Å². The molecule has 0 saturated carbocycles. The number of rotatable bonds is 4. The Morgan fingerprint density at radius 1 is 1.12 bits per heavy atom. The van der Waals surface area contributed by atoms with Gasteiger partial charge in [0.15, 0.2) is 5.82 Å². The number of halogens is 1. The molecule has 3 nitrogen and oxygen atoms in total. The molecular formula is C13H14ClN3. The highest BCUT2D eigenvalue weighted by atomic mass is 35.5. The molecule has 2 aromatic rings. The minimum absolute atomic E-state index is 0.446. The monoisotopic (exact) mass is 247 g/mol. The number of benzene rings is 1. The third-order valence-electron chi connectivity index (χ3n) is 2.44. The number of pyridine rings is 1. The molecule has 0 aliphatic carbocycles. The van der Waals surface area contributed by atoms with Gasteiger partial charge in [-0.1, -0.05) is 41.9 Å². The summed E-state index contributed by atoms with van der Waals surface area (Å²) in [6.45, 7) is 0.779. The lowest BCUT2D eigenvalue weighted by Gasteiger charge is -2.08. The number of nitrogens with one attached hydrogen (secondary N) is 1. The molecule has 0 spiro atoms. The molecule has 0 aliphatic heterocycles. The Balaban J connectivity index is 1.92. The van der Waals surface area contributed by atoms with Gasteiger partial charge in [0.05, 0.1) is 5.69 Å². The first kappa shape index (κ1) is 11.7. The first-order valence-electron chi connectivity index (χ1n) is 5.45. The van der Waals surface area contributed by atoms with Crippen molar-refractivity contribution in [2.45, 2.75) is 6.42 Å². The fraction of sp³-hybridized carbons (Fsp3) is 0.154. The van der Waals surface area contributed by atoms with Crippen LogP contribution in [0.1, 0.15) is 5.56 Å². The summed E-state index contributed by atoms with van der Waals surface area (Å²) in [4.78, 5) is 4.13. The third kappa shape index (κ3) is 3.36. The van der Waals surface area contributed by atoms with Crippen molar-refractivity contribution in [1.29, 1.82) is 0 Å². The molecule has 0 saturated heterocycles. The molecule has 0 radical (unpaired) electrons. The molecule has 17 heavy (non-hydrogen) atoms. The van der Waals surface area contributed by atoms with Crippen LogP contribution in [0, 0.1) is 0 Å². The normalized spacial score (nSPS) is 10.2. The molecule has 2 rings (SSSR count). The maximum absolute atomic E-state index is 5.81. The van der Waals surface area contributed by atoms with Crippen LogP contribution in [0.5, 0.6) is 0 Å². The van der Waals surface area contributed by atoms with Crippen molar-refractivity contribution < 1.29 is 0 Å². The zero-order valence-electron chi connectivity index (χ0n) is 9.36. The molecule has 1 aromatic heterocycles. The Morgan fingerprint density at radius 3 is 2.65 bits per heavy atom. The SMILES string of the molecule is Nc1ccc(Cl)nc1NCCc1ccccc1. The predicted octanol–water partition coefficient (Wildman–Crippen LogP) is 2.97. The van der Waals surface area contributed by atoms with Gasteiger partial charge in [-0.3, -0.25) is 0 Å². The highest BCUT2D eigenvalue weighted by Gasteiger charge is 2.01. The second-order valence-electron chi connectivity index (χ2n) is 3.73. The minimum atomic E-state index is 0.446. The predicted molar refractivity (Wildman–Crippen MR) is 72.3 cm³/mol. The number of hydrogen-bond donors (Lipinski definition) is 2. The Bertz CT molecular complexity index is 485. The van der Waals surface area contributed by atoms with Crippen LogP contribution in [0.2, 0.25) is 5.15 Å². The molecule has 0 aliphatic rings. The first-order valence-corrected chi connectivity index (χ1v) is 5.83. The van der Waals surface area contributed by atoms with E-state index < -0.39 is 0 Å². The van der Waals surface area contributed by atoms with Crippen LogP contribution in [0.4, 0.5) is 11.5 Å². The van der Waals surface area contributed by atoms with Crippen molar-refractivity contribution in [3.63, 3.8) is 0 Å². The van der Waals surface area contributed by atoms with Crippen LogP contribution in [0.15, 0.2) is 42.5 Å². The average molecular weight is 248 g/mol. The number of hydrogen-bond acceptors (Lipinski definition) is 3. The van der Waals surface area contributed by atoms with Gasteiger partial charge in [-0.15, -0.1) is 0 Å². The van der Waals surface area contributed by atoms with Gasteiger partial charge in [-0.2, -0.15) is 0 Å². The summed E-state index contributed by atoms with van der Waals surface area (Å²) in [5.74, 6) is 0.647. The van der Waals surface area contributed by atoms with Gasteiger partial charge in [-0.05, 0) is 24.1 Å². The summed E-state index contributed by atoms with van der Waals surface area (Å²) in [5.41, 5.74) is 7.68. The van der Waals surface area contributed by atoms with Gasteiger partial charge in [0.25, 0.3) is 0 Å². The van der Waals surface area contributed by atoms with Crippen molar-refractivity contribution in [2.75, 3.05) is 17.6 Å². The van der Waals surface area contributed by atoms with E-state index in [0.717, 1.165) is 13.0 Å². The summed E-state index contributed by atoms with van der Waals surface area (Å²) < 4.78 is 0.